The number of amides is 1. The number of nitrogens with one attached hydrogen (secondary N) is 2. The minimum atomic E-state index is 0. The molecule has 1 aromatic carbocycles. The van der Waals surface area contributed by atoms with Crippen molar-refractivity contribution in [2.75, 3.05) is 34.4 Å². The van der Waals surface area contributed by atoms with Crippen LogP contribution in [0.5, 0.6) is 17.2 Å². The summed E-state index contributed by atoms with van der Waals surface area (Å²) < 4.78 is 16.1. The highest BCUT2D eigenvalue weighted by Gasteiger charge is 2.18. The van der Waals surface area contributed by atoms with Gasteiger partial charge in [-0.3, -0.25) is 4.79 Å². The van der Waals surface area contributed by atoms with Crippen LogP contribution in [0.25, 0.3) is 0 Å². The van der Waals surface area contributed by atoms with E-state index in [9.17, 15) is 4.79 Å². The molecule has 2 rings (SSSR count). The Hall–Kier alpha value is -1.66. The fourth-order valence-electron chi connectivity index (χ4n) is 2.88. The second kappa shape index (κ2) is 10.3. The fourth-order valence-corrected chi connectivity index (χ4v) is 2.88. The normalized spacial score (nSPS) is 16.7. The Morgan fingerprint density at radius 2 is 1.96 bits per heavy atom. The van der Waals surface area contributed by atoms with Crippen molar-refractivity contribution in [3.63, 3.8) is 0 Å². The number of hydrogen-bond donors (Lipinski definition) is 2. The van der Waals surface area contributed by atoms with Gasteiger partial charge in [-0.2, -0.15) is 0 Å². The summed E-state index contributed by atoms with van der Waals surface area (Å²) in [7, 11) is 4.75. The summed E-state index contributed by atoms with van der Waals surface area (Å²) in [6.07, 6.45) is 3.16. The zero-order chi connectivity index (χ0) is 16.7. The first-order valence-corrected chi connectivity index (χ1v) is 7.97. The molecule has 136 valence electrons. The number of methoxy groups -OCH3 is 3. The van der Waals surface area contributed by atoms with Gasteiger partial charge < -0.3 is 24.8 Å². The first-order chi connectivity index (χ1) is 11.2. The van der Waals surface area contributed by atoms with Gasteiger partial charge >= 0.3 is 0 Å². The Labute approximate surface area is 149 Å². The summed E-state index contributed by atoms with van der Waals surface area (Å²) in [6.45, 7) is 1.89. The Morgan fingerprint density at radius 1 is 1.21 bits per heavy atom. The van der Waals surface area contributed by atoms with Gasteiger partial charge in [0.2, 0.25) is 11.7 Å². The molecule has 0 radical (unpaired) electrons. The van der Waals surface area contributed by atoms with E-state index in [2.05, 4.69) is 10.6 Å². The van der Waals surface area contributed by atoms with Crippen LogP contribution in [0.15, 0.2) is 12.1 Å². The quantitative estimate of drug-likeness (QED) is 0.779. The summed E-state index contributed by atoms with van der Waals surface area (Å²) in [5.41, 5.74) is 0.932. The van der Waals surface area contributed by atoms with Crippen molar-refractivity contribution < 1.29 is 19.0 Å². The summed E-state index contributed by atoms with van der Waals surface area (Å²) in [4.78, 5) is 12.1. The van der Waals surface area contributed by atoms with Gasteiger partial charge in [-0.15, -0.1) is 12.4 Å². The maximum atomic E-state index is 12.1. The molecule has 1 aliphatic heterocycles. The third-order valence-corrected chi connectivity index (χ3v) is 4.07. The minimum Gasteiger partial charge on any atom is -0.493 e. The summed E-state index contributed by atoms with van der Waals surface area (Å²) in [5.74, 6) is 1.87. The van der Waals surface area contributed by atoms with E-state index < -0.39 is 0 Å². The molecule has 6 nitrogen and oxygen atoms in total. The Bertz CT molecular complexity index is 534. The van der Waals surface area contributed by atoms with Gasteiger partial charge in [0.1, 0.15) is 0 Å². The van der Waals surface area contributed by atoms with Crippen molar-refractivity contribution in [3.8, 4) is 17.2 Å². The zero-order valence-electron chi connectivity index (χ0n) is 14.5. The van der Waals surface area contributed by atoms with Crippen LogP contribution in [0.4, 0.5) is 0 Å². The molecule has 1 atom stereocenters. The van der Waals surface area contributed by atoms with Crippen LogP contribution >= 0.6 is 12.4 Å². The third kappa shape index (κ3) is 5.18. The minimum absolute atomic E-state index is 0. The van der Waals surface area contributed by atoms with Crippen LogP contribution < -0.4 is 24.8 Å². The molecule has 1 unspecified atom stereocenters. The highest BCUT2D eigenvalue weighted by atomic mass is 35.5. The molecule has 0 bridgehead atoms. The van der Waals surface area contributed by atoms with Crippen molar-refractivity contribution in [1.29, 1.82) is 0 Å². The molecule has 1 aliphatic rings. The van der Waals surface area contributed by atoms with Gasteiger partial charge in [0.05, 0.1) is 21.3 Å². The monoisotopic (exact) mass is 358 g/mol. The predicted molar refractivity (Wildman–Crippen MR) is 95.7 cm³/mol. The average Bonchev–Trinajstić information content (AvgIpc) is 2.59. The molecule has 0 spiro atoms. The van der Waals surface area contributed by atoms with Gasteiger partial charge in [-0.05, 0) is 37.4 Å². The number of carbonyl (C=O) groups excluding carboxylic acids is 1. The number of benzene rings is 1. The fraction of sp³-hybridized carbons (Fsp3) is 0.588. The Morgan fingerprint density at radius 3 is 2.54 bits per heavy atom. The molecular formula is C17H27ClN2O4. The van der Waals surface area contributed by atoms with Gasteiger partial charge in [0.15, 0.2) is 11.5 Å². The summed E-state index contributed by atoms with van der Waals surface area (Å²) in [5, 5.41) is 6.37. The SMILES string of the molecule is COc1ccc(CCC(=O)NC2CCCNC2)c(OC)c1OC.Cl. The van der Waals surface area contributed by atoms with Crippen LogP contribution in [0.3, 0.4) is 0 Å². The lowest BCUT2D eigenvalue weighted by Crippen LogP contribution is -2.45. The predicted octanol–water partition coefficient (Wildman–Crippen LogP) is 1.94. The molecule has 0 aromatic heterocycles. The molecule has 0 aliphatic carbocycles. The van der Waals surface area contributed by atoms with Gasteiger partial charge in [-0.1, -0.05) is 6.07 Å². The number of halogens is 1. The molecule has 2 N–H and O–H groups in total. The Kier molecular flexibility index (Phi) is 8.71. The van der Waals surface area contributed by atoms with Crippen molar-refractivity contribution in [2.24, 2.45) is 0 Å². The molecule has 7 heteroatoms. The molecule has 0 saturated carbocycles. The maximum Gasteiger partial charge on any atom is 0.220 e. The lowest BCUT2D eigenvalue weighted by Gasteiger charge is -2.23. The van der Waals surface area contributed by atoms with Crippen LogP contribution in [0, 0.1) is 0 Å². The van der Waals surface area contributed by atoms with Crippen LogP contribution in [0.2, 0.25) is 0 Å². The smallest absolute Gasteiger partial charge is 0.220 e. The number of rotatable bonds is 7. The van der Waals surface area contributed by atoms with E-state index in [4.69, 9.17) is 14.2 Å². The number of carbonyl (C=O) groups is 1. The lowest BCUT2D eigenvalue weighted by molar-refractivity contribution is -0.121. The first-order valence-electron chi connectivity index (χ1n) is 7.97. The summed E-state index contributed by atoms with van der Waals surface area (Å²) in [6, 6.07) is 3.98. The highest BCUT2D eigenvalue weighted by Crippen LogP contribution is 2.40. The molecule has 1 heterocycles. The van der Waals surface area contributed by atoms with Crippen LogP contribution in [-0.2, 0) is 11.2 Å². The first kappa shape index (κ1) is 20.4. The molecule has 1 fully saturated rings. The topological polar surface area (TPSA) is 68.8 Å². The second-order valence-corrected chi connectivity index (χ2v) is 5.60. The molecule has 24 heavy (non-hydrogen) atoms. The van der Waals surface area contributed by atoms with Gasteiger partial charge in [0.25, 0.3) is 0 Å². The van der Waals surface area contributed by atoms with E-state index in [-0.39, 0.29) is 24.4 Å². The zero-order valence-corrected chi connectivity index (χ0v) is 15.3. The van der Waals surface area contributed by atoms with Crippen molar-refractivity contribution in [3.05, 3.63) is 17.7 Å². The third-order valence-electron chi connectivity index (χ3n) is 4.07. The molecule has 1 amide bonds. The number of aryl methyl sites for hydroxylation is 1. The second-order valence-electron chi connectivity index (χ2n) is 5.60. The number of piperidine rings is 1. The van der Waals surface area contributed by atoms with E-state index in [1.54, 1.807) is 21.3 Å². The van der Waals surface area contributed by atoms with Gasteiger partial charge in [0, 0.05) is 19.0 Å². The molecule has 1 aromatic rings. The van der Waals surface area contributed by atoms with E-state index >= 15 is 0 Å². The standard InChI is InChI=1S/C17H26N2O4.ClH/c1-21-14-8-6-12(16(22-2)17(14)23-3)7-9-15(20)19-13-5-4-10-18-11-13;/h6,8,13,18H,4-5,7,9-11H2,1-3H3,(H,19,20);1H. The average molecular weight is 359 g/mol. The summed E-state index contributed by atoms with van der Waals surface area (Å²) >= 11 is 0. The van der Waals surface area contributed by atoms with E-state index in [0.717, 1.165) is 31.5 Å². The number of ether oxygens (including phenoxy) is 3. The number of hydrogen-bond acceptors (Lipinski definition) is 5. The Balaban J connectivity index is 0.00000288. The molecular weight excluding hydrogens is 332 g/mol. The molecule has 1 saturated heterocycles. The largest absolute Gasteiger partial charge is 0.493 e. The van der Waals surface area contributed by atoms with Crippen molar-refractivity contribution in [2.45, 2.75) is 31.7 Å². The van der Waals surface area contributed by atoms with E-state index in [1.165, 1.54) is 0 Å². The van der Waals surface area contributed by atoms with Crippen LogP contribution in [0.1, 0.15) is 24.8 Å². The van der Waals surface area contributed by atoms with Crippen molar-refractivity contribution in [1.82, 2.24) is 10.6 Å². The van der Waals surface area contributed by atoms with Gasteiger partial charge in [-0.25, -0.2) is 0 Å². The van der Waals surface area contributed by atoms with Crippen molar-refractivity contribution >= 4 is 18.3 Å². The van der Waals surface area contributed by atoms with E-state index in [1.807, 2.05) is 12.1 Å². The van der Waals surface area contributed by atoms with Crippen LogP contribution in [-0.4, -0.2) is 46.4 Å². The maximum absolute atomic E-state index is 12.1. The highest BCUT2D eigenvalue weighted by molar-refractivity contribution is 5.85. The van der Waals surface area contributed by atoms with E-state index in [0.29, 0.717) is 30.1 Å². The lowest BCUT2D eigenvalue weighted by atomic mass is 10.1.